The van der Waals surface area contributed by atoms with Gasteiger partial charge in [0.05, 0.1) is 6.10 Å². The Morgan fingerprint density at radius 2 is 1.71 bits per heavy atom. The van der Waals surface area contributed by atoms with Gasteiger partial charge >= 0.3 is 0 Å². The summed E-state index contributed by atoms with van der Waals surface area (Å²) in [4.78, 5) is 0. The zero-order valence-corrected chi connectivity index (χ0v) is 10.2. The highest BCUT2D eigenvalue weighted by atomic mass is 16.5. The molecule has 86 valence electrons. The molecule has 14 heavy (non-hydrogen) atoms. The van der Waals surface area contributed by atoms with Crippen LogP contribution in [0.15, 0.2) is 0 Å². The fourth-order valence-corrected chi connectivity index (χ4v) is 0.966. The first-order valence-corrected chi connectivity index (χ1v) is 5.90. The molecule has 2 unspecified atom stereocenters. The van der Waals surface area contributed by atoms with E-state index < -0.39 is 0 Å². The number of rotatable bonds is 9. The lowest BCUT2D eigenvalue weighted by Crippen LogP contribution is -2.11. The fourth-order valence-electron chi connectivity index (χ4n) is 0.966. The molecular formula is C12H26O2. The lowest BCUT2D eigenvalue weighted by molar-refractivity contribution is 0.0352. The summed E-state index contributed by atoms with van der Waals surface area (Å²) < 4.78 is 11.1. The van der Waals surface area contributed by atoms with Crippen molar-refractivity contribution >= 4 is 0 Å². The minimum Gasteiger partial charge on any atom is -0.381 e. The summed E-state index contributed by atoms with van der Waals surface area (Å²) in [6.07, 6.45) is 3.70. The molecule has 0 fully saturated rings. The third-order valence-electron chi connectivity index (χ3n) is 2.51. The van der Waals surface area contributed by atoms with Crippen LogP contribution in [0.4, 0.5) is 0 Å². The first kappa shape index (κ1) is 13.9. The highest BCUT2D eigenvalue weighted by Gasteiger charge is 1.99. The molecule has 0 saturated carbocycles. The standard InChI is InChI=1S/C12H26O2/c1-5-11(3)10-13-8-7-9-14-12(4)6-2/h11-12H,5-10H2,1-4H3. The number of hydrogen-bond acceptors (Lipinski definition) is 2. The van der Waals surface area contributed by atoms with E-state index in [0.717, 1.165) is 32.7 Å². The van der Waals surface area contributed by atoms with Gasteiger partial charge in [-0.1, -0.05) is 27.2 Å². The molecule has 0 heterocycles. The van der Waals surface area contributed by atoms with Crippen LogP contribution in [0.3, 0.4) is 0 Å². The normalized spacial score (nSPS) is 15.4. The van der Waals surface area contributed by atoms with Crippen LogP contribution in [0.1, 0.15) is 47.0 Å². The van der Waals surface area contributed by atoms with Gasteiger partial charge in [-0.05, 0) is 25.7 Å². The highest BCUT2D eigenvalue weighted by molar-refractivity contribution is 4.47. The topological polar surface area (TPSA) is 18.5 Å². The molecule has 0 saturated heterocycles. The van der Waals surface area contributed by atoms with Crippen LogP contribution in [0.5, 0.6) is 0 Å². The van der Waals surface area contributed by atoms with Gasteiger partial charge in [0.2, 0.25) is 0 Å². The molecule has 0 aliphatic rings. The predicted molar refractivity (Wildman–Crippen MR) is 60.6 cm³/mol. The summed E-state index contributed by atoms with van der Waals surface area (Å²) in [7, 11) is 0. The Hall–Kier alpha value is -0.0800. The molecule has 2 heteroatoms. The second kappa shape index (κ2) is 9.47. The van der Waals surface area contributed by atoms with Crippen LogP contribution in [0.25, 0.3) is 0 Å². The molecule has 0 radical (unpaired) electrons. The van der Waals surface area contributed by atoms with Crippen molar-refractivity contribution in [3.63, 3.8) is 0 Å². The summed E-state index contributed by atoms with van der Waals surface area (Å²) in [6, 6.07) is 0. The Bertz CT molecular complexity index is 101. The van der Waals surface area contributed by atoms with Crippen molar-refractivity contribution in [2.24, 2.45) is 5.92 Å². The Balaban J connectivity index is 3.06. The molecule has 0 bridgehead atoms. The SMILES string of the molecule is CCC(C)COCCCOC(C)CC. The molecule has 2 atom stereocenters. The van der Waals surface area contributed by atoms with E-state index >= 15 is 0 Å². The minimum absolute atomic E-state index is 0.393. The molecule has 0 aliphatic carbocycles. The van der Waals surface area contributed by atoms with Crippen LogP contribution in [-0.4, -0.2) is 25.9 Å². The average Bonchev–Trinajstić information content (AvgIpc) is 2.22. The quantitative estimate of drug-likeness (QED) is 0.534. The Morgan fingerprint density at radius 3 is 2.29 bits per heavy atom. The van der Waals surface area contributed by atoms with Gasteiger partial charge in [-0.3, -0.25) is 0 Å². The van der Waals surface area contributed by atoms with Gasteiger partial charge in [-0.2, -0.15) is 0 Å². The summed E-state index contributed by atoms with van der Waals surface area (Å²) in [5, 5.41) is 0. The van der Waals surface area contributed by atoms with Crippen molar-refractivity contribution in [3.8, 4) is 0 Å². The van der Waals surface area contributed by atoms with Gasteiger partial charge in [0.15, 0.2) is 0 Å². The Kier molecular flexibility index (Phi) is 9.42. The van der Waals surface area contributed by atoms with E-state index in [0.29, 0.717) is 12.0 Å². The van der Waals surface area contributed by atoms with Crippen molar-refractivity contribution in [1.29, 1.82) is 0 Å². The lowest BCUT2D eigenvalue weighted by Gasteiger charge is -2.11. The molecule has 0 amide bonds. The van der Waals surface area contributed by atoms with Crippen molar-refractivity contribution in [1.82, 2.24) is 0 Å². The molecular weight excluding hydrogens is 176 g/mol. The first-order valence-electron chi connectivity index (χ1n) is 5.90. The molecule has 0 N–H and O–H groups in total. The van der Waals surface area contributed by atoms with Gasteiger partial charge in [0.1, 0.15) is 0 Å². The van der Waals surface area contributed by atoms with Crippen LogP contribution in [0.2, 0.25) is 0 Å². The molecule has 0 aromatic carbocycles. The van der Waals surface area contributed by atoms with Crippen LogP contribution in [-0.2, 0) is 9.47 Å². The number of ether oxygens (including phenoxy) is 2. The number of hydrogen-bond donors (Lipinski definition) is 0. The van der Waals surface area contributed by atoms with E-state index in [-0.39, 0.29) is 0 Å². The van der Waals surface area contributed by atoms with Gasteiger partial charge < -0.3 is 9.47 Å². The van der Waals surface area contributed by atoms with E-state index in [1.165, 1.54) is 6.42 Å². The smallest absolute Gasteiger partial charge is 0.0544 e. The minimum atomic E-state index is 0.393. The van der Waals surface area contributed by atoms with Gasteiger partial charge in [-0.15, -0.1) is 0 Å². The molecule has 0 aromatic rings. The van der Waals surface area contributed by atoms with Gasteiger partial charge in [-0.25, -0.2) is 0 Å². The monoisotopic (exact) mass is 202 g/mol. The lowest BCUT2D eigenvalue weighted by atomic mass is 10.1. The summed E-state index contributed by atoms with van der Waals surface area (Å²) in [5.41, 5.74) is 0. The van der Waals surface area contributed by atoms with Crippen molar-refractivity contribution in [2.75, 3.05) is 19.8 Å². The molecule has 0 rings (SSSR count). The Labute approximate surface area is 89.0 Å². The highest BCUT2D eigenvalue weighted by Crippen LogP contribution is 2.01. The van der Waals surface area contributed by atoms with Crippen LogP contribution >= 0.6 is 0 Å². The summed E-state index contributed by atoms with van der Waals surface area (Å²) in [5.74, 6) is 0.686. The largest absolute Gasteiger partial charge is 0.381 e. The van der Waals surface area contributed by atoms with E-state index in [1.807, 2.05) is 0 Å². The fraction of sp³-hybridized carbons (Fsp3) is 1.00. The summed E-state index contributed by atoms with van der Waals surface area (Å²) >= 11 is 0. The molecule has 0 aliphatic heterocycles. The van der Waals surface area contributed by atoms with Gasteiger partial charge in [0.25, 0.3) is 0 Å². The van der Waals surface area contributed by atoms with E-state index in [1.54, 1.807) is 0 Å². The van der Waals surface area contributed by atoms with E-state index in [9.17, 15) is 0 Å². The maximum Gasteiger partial charge on any atom is 0.0544 e. The molecule has 2 nitrogen and oxygen atoms in total. The van der Waals surface area contributed by atoms with Crippen molar-refractivity contribution in [3.05, 3.63) is 0 Å². The maximum absolute atomic E-state index is 5.54. The van der Waals surface area contributed by atoms with Crippen molar-refractivity contribution < 1.29 is 9.47 Å². The third kappa shape index (κ3) is 8.52. The summed E-state index contributed by atoms with van der Waals surface area (Å²) in [6.45, 7) is 11.2. The zero-order chi connectivity index (χ0) is 10.8. The van der Waals surface area contributed by atoms with Crippen LogP contribution in [0, 0.1) is 5.92 Å². The Morgan fingerprint density at radius 1 is 1.00 bits per heavy atom. The van der Waals surface area contributed by atoms with Crippen molar-refractivity contribution in [2.45, 2.75) is 53.1 Å². The third-order valence-corrected chi connectivity index (χ3v) is 2.51. The van der Waals surface area contributed by atoms with Gasteiger partial charge in [0, 0.05) is 19.8 Å². The average molecular weight is 202 g/mol. The predicted octanol–water partition coefficient (Wildman–Crippen LogP) is 3.25. The molecule has 0 aromatic heterocycles. The first-order chi connectivity index (χ1) is 6.70. The second-order valence-corrected chi connectivity index (χ2v) is 4.03. The second-order valence-electron chi connectivity index (χ2n) is 4.03. The maximum atomic E-state index is 5.54. The van der Waals surface area contributed by atoms with Crippen LogP contribution < -0.4 is 0 Å². The zero-order valence-electron chi connectivity index (χ0n) is 10.2. The van der Waals surface area contributed by atoms with E-state index in [2.05, 4.69) is 27.7 Å². The van der Waals surface area contributed by atoms with E-state index in [4.69, 9.17) is 9.47 Å². The molecule has 0 spiro atoms.